The van der Waals surface area contributed by atoms with Gasteiger partial charge in [0.25, 0.3) is 5.91 Å². The van der Waals surface area contributed by atoms with Gasteiger partial charge >= 0.3 is 0 Å². The molecule has 138 valence electrons. The van der Waals surface area contributed by atoms with Gasteiger partial charge < -0.3 is 19.9 Å². The van der Waals surface area contributed by atoms with Gasteiger partial charge in [0.2, 0.25) is 5.95 Å². The van der Waals surface area contributed by atoms with E-state index in [-0.39, 0.29) is 5.91 Å². The minimum Gasteiger partial charge on any atom is -0.495 e. The predicted molar refractivity (Wildman–Crippen MR) is 101 cm³/mol. The number of carbonyl (C=O) groups is 1. The van der Waals surface area contributed by atoms with E-state index in [2.05, 4.69) is 27.2 Å². The summed E-state index contributed by atoms with van der Waals surface area (Å²) in [6, 6.07) is 3.61. The van der Waals surface area contributed by atoms with E-state index in [1.54, 1.807) is 25.6 Å². The molecule has 1 aromatic heterocycles. The molecule has 7 nitrogen and oxygen atoms in total. The van der Waals surface area contributed by atoms with E-state index in [9.17, 15) is 4.79 Å². The number of aromatic nitrogens is 2. The maximum Gasteiger partial charge on any atom is 0.257 e. The van der Waals surface area contributed by atoms with Gasteiger partial charge in [-0.1, -0.05) is 11.6 Å². The fourth-order valence-corrected chi connectivity index (χ4v) is 2.90. The van der Waals surface area contributed by atoms with Gasteiger partial charge in [0.05, 0.1) is 18.4 Å². The fraction of sp³-hybridized carbons (Fsp3) is 0.389. The summed E-state index contributed by atoms with van der Waals surface area (Å²) < 4.78 is 5.34. The van der Waals surface area contributed by atoms with Crippen molar-refractivity contribution in [3.05, 3.63) is 40.7 Å². The molecule has 2 aromatic rings. The van der Waals surface area contributed by atoms with Crippen LogP contribution in [0.1, 0.15) is 15.9 Å². The Labute approximate surface area is 157 Å². The topological polar surface area (TPSA) is 70.6 Å². The molecule has 1 amide bonds. The van der Waals surface area contributed by atoms with E-state index in [0.717, 1.165) is 31.7 Å². The Balaban J connectivity index is 1.72. The van der Waals surface area contributed by atoms with E-state index in [0.29, 0.717) is 28.0 Å². The number of hydrogen-bond donors (Lipinski definition) is 1. The van der Waals surface area contributed by atoms with Crippen molar-refractivity contribution in [3.63, 3.8) is 0 Å². The molecular weight excluding hydrogens is 354 g/mol. The summed E-state index contributed by atoms with van der Waals surface area (Å²) in [5.41, 5.74) is 2.11. The van der Waals surface area contributed by atoms with Crippen LogP contribution < -0.4 is 10.1 Å². The summed E-state index contributed by atoms with van der Waals surface area (Å²) in [6.07, 6.45) is 3.09. The number of rotatable bonds is 4. The lowest BCUT2D eigenvalue weighted by Gasteiger charge is -2.32. The third-order valence-electron chi connectivity index (χ3n) is 4.42. The fourth-order valence-electron chi connectivity index (χ4n) is 2.75. The smallest absolute Gasteiger partial charge is 0.257 e. The number of aryl methyl sites for hydroxylation is 1. The molecule has 0 bridgehead atoms. The van der Waals surface area contributed by atoms with Crippen LogP contribution in [0.15, 0.2) is 24.5 Å². The van der Waals surface area contributed by atoms with Crippen LogP contribution in [0, 0.1) is 6.92 Å². The van der Waals surface area contributed by atoms with Crippen LogP contribution in [-0.4, -0.2) is 66.0 Å². The van der Waals surface area contributed by atoms with Crippen molar-refractivity contribution in [1.82, 2.24) is 19.8 Å². The Kier molecular flexibility index (Phi) is 5.58. The normalized spacial score (nSPS) is 15.0. The number of benzene rings is 1. The Morgan fingerprint density at radius 3 is 2.46 bits per heavy atom. The van der Waals surface area contributed by atoms with Gasteiger partial charge in [-0.05, 0) is 25.6 Å². The average Bonchev–Trinajstić information content (AvgIpc) is 2.65. The SMILES string of the molecule is COc1cc(Cl)c(C)cc1Nc1ncc(C(=O)N2CCN(C)CC2)cn1. The monoisotopic (exact) mass is 375 g/mol. The van der Waals surface area contributed by atoms with Crippen molar-refractivity contribution in [3.8, 4) is 5.75 Å². The largest absolute Gasteiger partial charge is 0.495 e. The molecule has 0 radical (unpaired) electrons. The van der Waals surface area contributed by atoms with Gasteiger partial charge in [0.1, 0.15) is 5.75 Å². The van der Waals surface area contributed by atoms with Gasteiger partial charge in [-0.25, -0.2) is 9.97 Å². The number of carbonyl (C=O) groups excluding carboxylic acids is 1. The second-order valence-corrected chi connectivity index (χ2v) is 6.72. The molecule has 0 saturated carbocycles. The molecule has 1 fully saturated rings. The van der Waals surface area contributed by atoms with Crippen LogP contribution in [0.2, 0.25) is 5.02 Å². The lowest BCUT2D eigenvalue weighted by molar-refractivity contribution is 0.0663. The Hall–Kier alpha value is -2.38. The molecule has 8 heteroatoms. The summed E-state index contributed by atoms with van der Waals surface area (Å²) in [6.45, 7) is 5.10. The molecule has 0 spiro atoms. The number of nitrogens with one attached hydrogen (secondary N) is 1. The number of methoxy groups -OCH3 is 1. The van der Waals surface area contributed by atoms with E-state index in [1.165, 1.54) is 0 Å². The zero-order valence-electron chi connectivity index (χ0n) is 15.1. The summed E-state index contributed by atoms with van der Waals surface area (Å²) >= 11 is 6.12. The van der Waals surface area contributed by atoms with Crippen LogP contribution >= 0.6 is 11.6 Å². The number of likely N-dealkylation sites (N-methyl/N-ethyl adjacent to an activating group) is 1. The van der Waals surface area contributed by atoms with Crippen molar-refractivity contribution >= 4 is 29.1 Å². The molecule has 0 atom stereocenters. The van der Waals surface area contributed by atoms with Crippen LogP contribution in [-0.2, 0) is 0 Å². The Bertz CT molecular complexity index is 789. The van der Waals surface area contributed by atoms with E-state index in [4.69, 9.17) is 16.3 Å². The highest BCUT2D eigenvalue weighted by Gasteiger charge is 2.21. The van der Waals surface area contributed by atoms with E-state index < -0.39 is 0 Å². The van der Waals surface area contributed by atoms with Crippen LogP contribution in [0.25, 0.3) is 0 Å². The summed E-state index contributed by atoms with van der Waals surface area (Å²) in [5.74, 6) is 0.950. The molecule has 1 N–H and O–H groups in total. The van der Waals surface area contributed by atoms with Crippen LogP contribution in [0.4, 0.5) is 11.6 Å². The molecule has 2 heterocycles. The van der Waals surface area contributed by atoms with E-state index in [1.807, 2.05) is 17.9 Å². The Morgan fingerprint density at radius 2 is 1.85 bits per heavy atom. The maximum atomic E-state index is 12.5. The van der Waals surface area contributed by atoms with Crippen molar-refractivity contribution in [2.75, 3.05) is 45.7 Å². The summed E-state index contributed by atoms with van der Waals surface area (Å²) in [5, 5.41) is 3.73. The van der Waals surface area contributed by atoms with Gasteiger partial charge in [0, 0.05) is 49.7 Å². The molecule has 1 aliphatic rings. The van der Waals surface area contributed by atoms with Gasteiger partial charge in [-0.15, -0.1) is 0 Å². The highest BCUT2D eigenvalue weighted by atomic mass is 35.5. The van der Waals surface area contributed by atoms with Crippen molar-refractivity contribution < 1.29 is 9.53 Å². The lowest BCUT2D eigenvalue weighted by atomic mass is 10.2. The average molecular weight is 376 g/mol. The first-order chi connectivity index (χ1) is 12.5. The molecule has 0 unspecified atom stereocenters. The predicted octanol–water partition coefficient (Wildman–Crippen LogP) is 2.58. The number of hydrogen-bond acceptors (Lipinski definition) is 6. The first kappa shape index (κ1) is 18.4. The third-order valence-corrected chi connectivity index (χ3v) is 4.82. The molecule has 1 aliphatic heterocycles. The molecule has 1 aromatic carbocycles. The highest BCUT2D eigenvalue weighted by Crippen LogP contribution is 2.32. The number of piperazine rings is 1. The van der Waals surface area contributed by atoms with Gasteiger partial charge in [-0.3, -0.25) is 4.79 Å². The summed E-state index contributed by atoms with van der Waals surface area (Å²) in [7, 11) is 3.63. The van der Waals surface area contributed by atoms with Crippen LogP contribution in [0.3, 0.4) is 0 Å². The lowest BCUT2D eigenvalue weighted by Crippen LogP contribution is -2.47. The number of anilines is 2. The van der Waals surface area contributed by atoms with Gasteiger partial charge in [0.15, 0.2) is 0 Å². The van der Waals surface area contributed by atoms with Crippen LogP contribution in [0.5, 0.6) is 5.75 Å². The molecule has 26 heavy (non-hydrogen) atoms. The standard InChI is InChI=1S/C18H22ClN5O2/c1-12-8-15(16(26-3)9-14(12)19)22-18-20-10-13(11-21-18)17(25)24-6-4-23(2)5-7-24/h8-11H,4-7H2,1-3H3,(H,20,21,22). The van der Waals surface area contributed by atoms with Crippen molar-refractivity contribution in [1.29, 1.82) is 0 Å². The minimum absolute atomic E-state index is 0.0374. The number of halogens is 1. The molecule has 3 rings (SSSR count). The number of nitrogens with zero attached hydrogens (tertiary/aromatic N) is 4. The Morgan fingerprint density at radius 1 is 1.19 bits per heavy atom. The number of ether oxygens (including phenoxy) is 1. The molecule has 0 aliphatic carbocycles. The van der Waals surface area contributed by atoms with Crippen molar-refractivity contribution in [2.24, 2.45) is 0 Å². The second-order valence-electron chi connectivity index (χ2n) is 6.32. The summed E-state index contributed by atoms with van der Waals surface area (Å²) in [4.78, 5) is 25.1. The van der Waals surface area contributed by atoms with Crippen molar-refractivity contribution in [2.45, 2.75) is 6.92 Å². The molecular formula is C18H22ClN5O2. The van der Waals surface area contributed by atoms with E-state index >= 15 is 0 Å². The first-order valence-corrected chi connectivity index (χ1v) is 8.76. The third kappa shape index (κ3) is 4.05. The zero-order chi connectivity index (χ0) is 18.7. The zero-order valence-corrected chi connectivity index (χ0v) is 15.9. The maximum absolute atomic E-state index is 12.5. The quantitative estimate of drug-likeness (QED) is 0.885. The molecule has 1 saturated heterocycles. The van der Waals surface area contributed by atoms with Gasteiger partial charge in [-0.2, -0.15) is 0 Å². The highest BCUT2D eigenvalue weighted by molar-refractivity contribution is 6.31. The minimum atomic E-state index is -0.0374. The first-order valence-electron chi connectivity index (χ1n) is 8.39. The second kappa shape index (κ2) is 7.88. The number of amides is 1.